The predicted molar refractivity (Wildman–Crippen MR) is 115 cm³/mol. The molecule has 0 bridgehead atoms. The van der Waals surface area contributed by atoms with Crippen molar-refractivity contribution in [2.75, 3.05) is 6.54 Å². The molecule has 29 heavy (non-hydrogen) atoms. The number of hydrogen-bond donors (Lipinski definition) is 2. The zero-order chi connectivity index (χ0) is 20.7. The molecule has 3 N–H and O–H groups in total. The number of nitrogens with one attached hydrogen (secondary N) is 1. The second kappa shape index (κ2) is 9.89. The van der Waals surface area contributed by atoms with Crippen LogP contribution in [0.1, 0.15) is 16.7 Å². The normalized spacial score (nSPS) is 11.4. The number of sulfonamides is 1. The quantitative estimate of drug-likeness (QED) is 0.504. The van der Waals surface area contributed by atoms with Crippen LogP contribution in [0.15, 0.2) is 77.7 Å². The Labute approximate surface area is 176 Å². The van der Waals surface area contributed by atoms with Gasteiger partial charge in [0.1, 0.15) is 12.4 Å². The standard InChI is InChI=1S/C22H23ClN2O3S/c23-21-14-19(8-11-22(21)28-16-18-4-2-1-3-5-18)15-25-13-12-17-6-9-20(10-7-17)29(24,26)27/h1-11,14,25H,12-13,15-16H2,(H2,24,26,27). The molecule has 0 unspecified atom stereocenters. The lowest BCUT2D eigenvalue weighted by molar-refractivity contribution is 0.306. The van der Waals surface area contributed by atoms with Crippen LogP contribution < -0.4 is 15.2 Å². The van der Waals surface area contributed by atoms with Gasteiger partial charge in [0.05, 0.1) is 9.92 Å². The molecule has 0 spiro atoms. The fraction of sp³-hybridized carbons (Fsp3) is 0.182. The third-order valence-electron chi connectivity index (χ3n) is 4.40. The Hall–Kier alpha value is -2.38. The summed E-state index contributed by atoms with van der Waals surface area (Å²) in [6.07, 6.45) is 0.775. The molecule has 0 saturated carbocycles. The molecule has 0 aliphatic carbocycles. The summed E-state index contributed by atoms with van der Waals surface area (Å²) in [7, 11) is -3.65. The van der Waals surface area contributed by atoms with E-state index < -0.39 is 10.0 Å². The van der Waals surface area contributed by atoms with Crippen LogP contribution in [0.25, 0.3) is 0 Å². The lowest BCUT2D eigenvalue weighted by atomic mass is 10.1. The van der Waals surface area contributed by atoms with E-state index in [1.54, 1.807) is 12.1 Å². The molecule has 0 atom stereocenters. The topological polar surface area (TPSA) is 81.4 Å². The number of nitrogens with two attached hydrogens (primary N) is 1. The Kier molecular flexibility index (Phi) is 7.28. The van der Waals surface area contributed by atoms with Crippen molar-refractivity contribution in [3.8, 4) is 5.75 Å². The summed E-state index contributed by atoms with van der Waals surface area (Å²) < 4.78 is 28.3. The summed E-state index contributed by atoms with van der Waals surface area (Å²) in [4.78, 5) is 0.124. The van der Waals surface area contributed by atoms with E-state index in [4.69, 9.17) is 21.5 Å². The first-order valence-electron chi connectivity index (χ1n) is 9.19. The van der Waals surface area contributed by atoms with Gasteiger partial charge in [-0.05, 0) is 53.9 Å². The fourth-order valence-electron chi connectivity index (χ4n) is 2.82. The van der Waals surface area contributed by atoms with Crippen molar-refractivity contribution in [1.29, 1.82) is 0 Å². The summed E-state index contributed by atoms with van der Waals surface area (Å²) in [5.74, 6) is 0.661. The molecule has 0 aliphatic rings. The maximum absolute atomic E-state index is 11.3. The van der Waals surface area contributed by atoms with Crippen molar-refractivity contribution in [2.24, 2.45) is 5.14 Å². The molecule has 7 heteroatoms. The maximum atomic E-state index is 11.3. The molecule has 0 amide bonds. The lowest BCUT2D eigenvalue weighted by Crippen LogP contribution is -2.17. The van der Waals surface area contributed by atoms with Crippen molar-refractivity contribution >= 4 is 21.6 Å². The number of rotatable bonds is 9. The molecule has 0 heterocycles. The summed E-state index contributed by atoms with van der Waals surface area (Å²) >= 11 is 6.34. The Morgan fingerprint density at radius 2 is 1.59 bits per heavy atom. The monoisotopic (exact) mass is 430 g/mol. The highest BCUT2D eigenvalue weighted by molar-refractivity contribution is 7.89. The molecular weight excluding hydrogens is 408 g/mol. The summed E-state index contributed by atoms with van der Waals surface area (Å²) in [5.41, 5.74) is 3.19. The Bertz CT molecular complexity index is 1040. The number of ether oxygens (including phenoxy) is 1. The number of primary sulfonamides is 1. The number of benzene rings is 3. The van der Waals surface area contributed by atoms with Crippen LogP contribution in [0.5, 0.6) is 5.75 Å². The maximum Gasteiger partial charge on any atom is 0.238 e. The van der Waals surface area contributed by atoms with Crippen LogP contribution in [-0.2, 0) is 29.6 Å². The van der Waals surface area contributed by atoms with Crippen LogP contribution in [0.4, 0.5) is 0 Å². The molecular formula is C22H23ClN2O3S. The molecule has 3 rings (SSSR count). The fourth-order valence-corrected chi connectivity index (χ4v) is 3.59. The Morgan fingerprint density at radius 3 is 2.24 bits per heavy atom. The number of halogens is 1. The lowest BCUT2D eigenvalue weighted by Gasteiger charge is -2.10. The second-order valence-corrected chi connectivity index (χ2v) is 8.62. The van der Waals surface area contributed by atoms with E-state index in [9.17, 15) is 8.42 Å². The third kappa shape index (κ3) is 6.58. The highest BCUT2D eigenvalue weighted by atomic mass is 35.5. The Morgan fingerprint density at radius 1 is 0.897 bits per heavy atom. The molecule has 0 saturated heterocycles. The van der Waals surface area contributed by atoms with E-state index >= 15 is 0 Å². The van der Waals surface area contributed by atoms with Gasteiger partial charge in [-0.2, -0.15) is 0 Å². The zero-order valence-corrected chi connectivity index (χ0v) is 17.4. The summed E-state index contributed by atoms with van der Waals surface area (Å²) in [6, 6.07) is 22.3. The van der Waals surface area contributed by atoms with Gasteiger partial charge in [0.25, 0.3) is 0 Å². The van der Waals surface area contributed by atoms with E-state index in [-0.39, 0.29) is 4.90 Å². The summed E-state index contributed by atoms with van der Waals surface area (Å²) in [6.45, 7) is 1.90. The van der Waals surface area contributed by atoms with Crippen LogP contribution in [-0.4, -0.2) is 15.0 Å². The largest absolute Gasteiger partial charge is 0.487 e. The highest BCUT2D eigenvalue weighted by Gasteiger charge is 2.07. The van der Waals surface area contributed by atoms with Gasteiger partial charge in [0.2, 0.25) is 10.0 Å². The average Bonchev–Trinajstić information content (AvgIpc) is 2.71. The van der Waals surface area contributed by atoms with Crippen LogP contribution in [0, 0.1) is 0 Å². The average molecular weight is 431 g/mol. The van der Waals surface area contributed by atoms with Gasteiger partial charge in [-0.1, -0.05) is 60.1 Å². The van der Waals surface area contributed by atoms with Crippen molar-refractivity contribution in [1.82, 2.24) is 5.32 Å². The smallest absolute Gasteiger partial charge is 0.238 e. The first-order valence-corrected chi connectivity index (χ1v) is 11.1. The zero-order valence-electron chi connectivity index (χ0n) is 15.8. The van der Waals surface area contributed by atoms with E-state index in [0.717, 1.165) is 29.7 Å². The molecule has 0 fully saturated rings. The summed E-state index contributed by atoms with van der Waals surface area (Å²) in [5, 5.41) is 9.04. The molecule has 0 radical (unpaired) electrons. The van der Waals surface area contributed by atoms with Crippen molar-refractivity contribution in [3.63, 3.8) is 0 Å². The predicted octanol–water partition coefficient (Wildman–Crippen LogP) is 3.90. The van der Waals surface area contributed by atoms with Gasteiger partial charge in [-0.15, -0.1) is 0 Å². The van der Waals surface area contributed by atoms with Gasteiger partial charge in [-0.25, -0.2) is 13.6 Å². The molecule has 0 aliphatic heterocycles. The first kappa shape index (κ1) is 21.3. The number of hydrogen-bond acceptors (Lipinski definition) is 4. The molecule has 0 aromatic heterocycles. The first-order chi connectivity index (χ1) is 13.9. The van der Waals surface area contributed by atoms with Gasteiger partial charge in [0.15, 0.2) is 0 Å². The second-order valence-electron chi connectivity index (χ2n) is 6.65. The van der Waals surface area contributed by atoms with Gasteiger partial charge < -0.3 is 10.1 Å². The third-order valence-corrected chi connectivity index (χ3v) is 5.63. The van der Waals surface area contributed by atoms with Crippen molar-refractivity contribution in [3.05, 3.63) is 94.5 Å². The highest BCUT2D eigenvalue weighted by Crippen LogP contribution is 2.26. The van der Waals surface area contributed by atoms with E-state index in [2.05, 4.69) is 5.32 Å². The minimum absolute atomic E-state index is 0.124. The van der Waals surface area contributed by atoms with Gasteiger partial charge in [0, 0.05) is 6.54 Å². The molecule has 5 nitrogen and oxygen atoms in total. The van der Waals surface area contributed by atoms with E-state index in [0.29, 0.717) is 23.9 Å². The van der Waals surface area contributed by atoms with Crippen LogP contribution in [0.3, 0.4) is 0 Å². The van der Waals surface area contributed by atoms with Gasteiger partial charge in [-0.3, -0.25) is 0 Å². The van der Waals surface area contributed by atoms with Crippen molar-refractivity contribution < 1.29 is 13.2 Å². The molecule has 3 aromatic rings. The van der Waals surface area contributed by atoms with Crippen molar-refractivity contribution in [2.45, 2.75) is 24.5 Å². The van der Waals surface area contributed by atoms with E-state index in [1.165, 1.54) is 12.1 Å². The minimum atomic E-state index is -3.65. The molecule has 3 aromatic carbocycles. The van der Waals surface area contributed by atoms with Crippen LogP contribution in [0.2, 0.25) is 5.02 Å². The minimum Gasteiger partial charge on any atom is -0.487 e. The Balaban J connectivity index is 1.45. The SMILES string of the molecule is NS(=O)(=O)c1ccc(CCNCc2ccc(OCc3ccccc3)c(Cl)c2)cc1. The van der Waals surface area contributed by atoms with Gasteiger partial charge >= 0.3 is 0 Å². The van der Waals surface area contributed by atoms with E-state index in [1.807, 2.05) is 48.5 Å². The molecule has 152 valence electrons. The van der Waals surface area contributed by atoms with Crippen LogP contribution >= 0.6 is 11.6 Å².